The van der Waals surface area contributed by atoms with Crippen LogP contribution in [0.3, 0.4) is 0 Å². The van der Waals surface area contributed by atoms with Gasteiger partial charge in [0.05, 0.1) is 11.7 Å². The van der Waals surface area contributed by atoms with E-state index in [-0.39, 0.29) is 11.7 Å². The van der Waals surface area contributed by atoms with Gasteiger partial charge in [-0.3, -0.25) is 0 Å². The SMILES string of the molecule is O=C(O)c1ccc(-c2ncc3n2CCC(O)C3)cc1. The topological polar surface area (TPSA) is 75.3 Å². The van der Waals surface area contributed by atoms with Crippen molar-refractivity contribution in [3.63, 3.8) is 0 Å². The lowest BCUT2D eigenvalue weighted by Crippen LogP contribution is -2.23. The number of rotatable bonds is 2. The molecule has 1 aromatic heterocycles. The third kappa shape index (κ3) is 2.13. The summed E-state index contributed by atoms with van der Waals surface area (Å²) in [5, 5.41) is 18.5. The van der Waals surface area contributed by atoms with Crippen LogP contribution in [0, 0.1) is 0 Å². The highest BCUT2D eigenvalue weighted by Gasteiger charge is 2.20. The molecule has 1 unspecified atom stereocenters. The van der Waals surface area contributed by atoms with E-state index in [1.54, 1.807) is 30.5 Å². The van der Waals surface area contributed by atoms with Gasteiger partial charge in [0.15, 0.2) is 0 Å². The minimum absolute atomic E-state index is 0.268. The summed E-state index contributed by atoms with van der Waals surface area (Å²) in [5.41, 5.74) is 2.19. The number of nitrogens with zero attached hydrogens (tertiary/aromatic N) is 2. The fourth-order valence-electron chi connectivity index (χ4n) is 2.44. The van der Waals surface area contributed by atoms with Crippen LogP contribution >= 0.6 is 0 Å². The molecular formula is C14H14N2O3. The van der Waals surface area contributed by atoms with Crippen molar-refractivity contribution < 1.29 is 15.0 Å². The monoisotopic (exact) mass is 258 g/mol. The Balaban J connectivity index is 1.97. The molecule has 1 atom stereocenters. The maximum atomic E-state index is 10.8. The van der Waals surface area contributed by atoms with Crippen LogP contribution < -0.4 is 0 Å². The Morgan fingerprint density at radius 2 is 2.05 bits per heavy atom. The number of aliphatic hydroxyl groups is 1. The van der Waals surface area contributed by atoms with E-state index in [4.69, 9.17) is 5.11 Å². The van der Waals surface area contributed by atoms with Gasteiger partial charge in [-0.05, 0) is 18.6 Å². The molecule has 2 heterocycles. The van der Waals surface area contributed by atoms with Crippen molar-refractivity contribution in [2.75, 3.05) is 0 Å². The fraction of sp³-hybridized carbons (Fsp3) is 0.286. The van der Waals surface area contributed by atoms with Gasteiger partial charge in [-0.15, -0.1) is 0 Å². The van der Waals surface area contributed by atoms with Crippen LogP contribution in [0.25, 0.3) is 11.4 Å². The number of imidazole rings is 1. The number of fused-ring (bicyclic) bond motifs is 1. The van der Waals surface area contributed by atoms with Gasteiger partial charge in [0.1, 0.15) is 5.82 Å². The first-order valence-electron chi connectivity index (χ1n) is 6.21. The first kappa shape index (κ1) is 11.9. The summed E-state index contributed by atoms with van der Waals surface area (Å²) in [5.74, 6) is -0.0985. The molecule has 0 fully saturated rings. The molecular weight excluding hydrogens is 244 g/mol. The maximum Gasteiger partial charge on any atom is 0.335 e. The van der Waals surface area contributed by atoms with Gasteiger partial charge in [0.25, 0.3) is 0 Å². The van der Waals surface area contributed by atoms with E-state index < -0.39 is 5.97 Å². The molecule has 0 saturated carbocycles. The Morgan fingerprint density at radius 1 is 1.32 bits per heavy atom. The quantitative estimate of drug-likeness (QED) is 0.857. The third-order valence-electron chi connectivity index (χ3n) is 3.46. The highest BCUT2D eigenvalue weighted by Crippen LogP contribution is 2.24. The van der Waals surface area contributed by atoms with Gasteiger partial charge in [0.2, 0.25) is 0 Å². The lowest BCUT2D eigenvalue weighted by atomic mass is 10.1. The van der Waals surface area contributed by atoms with Gasteiger partial charge in [-0.1, -0.05) is 12.1 Å². The summed E-state index contributed by atoms with van der Waals surface area (Å²) in [6.07, 6.45) is 2.85. The standard InChI is InChI=1S/C14H14N2O3/c17-12-5-6-16-11(7-12)8-15-13(16)9-1-3-10(4-2-9)14(18)19/h1-4,8,12,17H,5-7H2,(H,18,19). The highest BCUT2D eigenvalue weighted by molar-refractivity contribution is 5.88. The molecule has 3 rings (SSSR count). The Kier molecular flexibility index (Phi) is 2.83. The number of carboxylic acid groups (broad SMARTS) is 1. The molecule has 0 radical (unpaired) electrons. The Bertz CT molecular complexity index is 616. The molecule has 0 amide bonds. The molecule has 5 nitrogen and oxygen atoms in total. The van der Waals surface area contributed by atoms with Gasteiger partial charge in [-0.25, -0.2) is 9.78 Å². The van der Waals surface area contributed by atoms with Gasteiger partial charge in [-0.2, -0.15) is 0 Å². The zero-order valence-electron chi connectivity index (χ0n) is 10.3. The largest absolute Gasteiger partial charge is 0.478 e. The summed E-state index contributed by atoms with van der Waals surface area (Å²) in [7, 11) is 0. The van der Waals surface area contributed by atoms with E-state index in [1.165, 1.54) is 0 Å². The summed E-state index contributed by atoms with van der Waals surface area (Å²) in [6, 6.07) is 6.70. The Morgan fingerprint density at radius 3 is 2.74 bits per heavy atom. The molecule has 5 heteroatoms. The number of aliphatic hydroxyl groups excluding tert-OH is 1. The van der Waals surface area contributed by atoms with Crippen molar-refractivity contribution in [3.8, 4) is 11.4 Å². The summed E-state index contributed by atoms with van der Waals surface area (Å²) in [4.78, 5) is 15.2. The molecule has 19 heavy (non-hydrogen) atoms. The Hall–Kier alpha value is -2.14. The minimum atomic E-state index is -0.931. The summed E-state index contributed by atoms with van der Waals surface area (Å²) >= 11 is 0. The van der Waals surface area contributed by atoms with E-state index in [9.17, 15) is 9.90 Å². The van der Waals surface area contributed by atoms with Crippen molar-refractivity contribution in [1.82, 2.24) is 9.55 Å². The van der Waals surface area contributed by atoms with Crippen LogP contribution in [0.4, 0.5) is 0 Å². The second-order valence-electron chi connectivity index (χ2n) is 4.75. The van der Waals surface area contributed by atoms with Crippen LogP contribution in [0.1, 0.15) is 22.5 Å². The number of carboxylic acids is 1. The molecule has 2 aromatic rings. The number of benzene rings is 1. The average molecular weight is 258 g/mol. The second-order valence-corrected chi connectivity index (χ2v) is 4.75. The average Bonchev–Trinajstić information content (AvgIpc) is 2.81. The number of hydrogen-bond donors (Lipinski definition) is 2. The smallest absolute Gasteiger partial charge is 0.335 e. The zero-order valence-corrected chi connectivity index (χ0v) is 10.3. The number of aromatic nitrogens is 2. The second kappa shape index (κ2) is 4.51. The lowest BCUT2D eigenvalue weighted by Gasteiger charge is -2.21. The van der Waals surface area contributed by atoms with Crippen molar-refractivity contribution in [2.24, 2.45) is 0 Å². The van der Waals surface area contributed by atoms with E-state index in [2.05, 4.69) is 9.55 Å². The van der Waals surface area contributed by atoms with Crippen LogP contribution in [0.5, 0.6) is 0 Å². The van der Waals surface area contributed by atoms with E-state index in [0.29, 0.717) is 6.42 Å². The molecule has 0 spiro atoms. The van der Waals surface area contributed by atoms with Crippen molar-refractivity contribution in [3.05, 3.63) is 41.7 Å². The normalized spacial score (nSPS) is 18.1. The summed E-state index contributed by atoms with van der Waals surface area (Å²) in [6.45, 7) is 0.743. The molecule has 0 bridgehead atoms. The van der Waals surface area contributed by atoms with Crippen LogP contribution in [-0.4, -0.2) is 31.8 Å². The molecule has 1 aliphatic rings. The molecule has 98 valence electrons. The van der Waals surface area contributed by atoms with Gasteiger partial charge in [0, 0.05) is 30.4 Å². The van der Waals surface area contributed by atoms with Crippen LogP contribution in [0.15, 0.2) is 30.5 Å². The molecule has 0 saturated heterocycles. The molecule has 1 aromatic carbocycles. The van der Waals surface area contributed by atoms with E-state index in [1.807, 2.05) is 0 Å². The zero-order chi connectivity index (χ0) is 13.4. The van der Waals surface area contributed by atoms with Gasteiger partial charge >= 0.3 is 5.97 Å². The molecule has 1 aliphatic heterocycles. The van der Waals surface area contributed by atoms with Crippen LogP contribution in [0.2, 0.25) is 0 Å². The Labute approximate surface area is 110 Å². The minimum Gasteiger partial charge on any atom is -0.478 e. The van der Waals surface area contributed by atoms with E-state index >= 15 is 0 Å². The molecule has 0 aliphatic carbocycles. The molecule has 2 N–H and O–H groups in total. The number of hydrogen-bond acceptors (Lipinski definition) is 3. The number of aromatic carboxylic acids is 1. The maximum absolute atomic E-state index is 10.8. The van der Waals surface area contributed by atoms with Crippen molar-refractivity contribution in [1.29, 1.82) is 0 Å². The predicted octanol–water partition coefficient (Wildman–Crippen LogP) is 1.56. The predicted molar refractivity (Wildman–Crippen MR) is 69.0 cm³/mol. The van der Waals surface area contributed by atoms with Crippen molar-refractivity contribution in [2.45, 2.75) is 25.5 Å². The first-order chi connectivity index (χ1) is 9.15. The third-order valence-corrected chi connectivity index (χ3v) is 3.46. The van der Waals surface area contributed by atoms with Crippen LogP contribution in [-0.2, 0) is 13.0 Å². The highest BCUT2D eigenvalue weighted by atomic mass is 16.4. The first-order valence-corrected chi connectivity index (χ1v) is 6.21. The number of carbonyl (C=O) groups is 1. The fourth-order valence-corrected chi connectivity index (χ4v) is 2.44. The lowest BCUT2D eigenvalue weighted by molar-refractivity contribution is 0.0697. The van der Waals surface area contributed by atoms with Crippen molar-refractivity contribution >= 4 is 5.97 Å². The van der Waals surface area contributed by atoms with E-state index in [0.717, 1.165) is 30.0 Å². The summed E-state index contributed by atoms with van der Waals surface area (Å²) < 4.78 is 2.09. The van der Waals surface area contributed by atoms with Gasteiger partial charge < -0.3 is 14.8 Å².